The standard InChI is InChI=1S/C19H17N5/c1-24(2)16-10-8-15(9-11-16)22-23-19(13-20)18-12-7-14-5-3-4-6-17(14)21-18/h3-12,22H,1-2H3/b23-19+. The molecule has 0 aliphatic carbocycles. The van der Waals surface area contributed by atoms with Gasteiger partial charge in [0.25, 0.3) is 0 Å². The Labute approximate surface area is 140 Å². The molecule has 0 atom stereocenters. The van der Waals surface area contributed by atoms with Gasteiger partial charge in [0.15, 0.2) is 5.71 Å². The summed E-state index contributed by atoms with van der Waals surface area (Å²) in [5, 5.41) is 14.6. The maximum Gasteiger partial charge on any atom is 0.186 e. The second-order valence-corrected chi connectivity index (χ2v) is 5.51. The van der Waals surface area contributed by atoms with Gasteiger partial charge in [-0.1, -0.05) is 24.3 Å². The number of benzene rings is 2. The second-order valence-electron chi connectivity index (χ2n) is 5.51. The average molecular weight is 315 g/mol. The molecule has 1 heterocycles. The fourth-order valence-electron chi connectivity index (χ4n) is 2.29. The van der Waals surface area contributed by atoms with Crippen LogP contribution < -0.4 is 10.3 Å². The van der Waals surface area contributed by atoms with E-state index in [1.807, 2.05) is 73.6 Å². The summed E-state index contributed by atoms with van der Waals surface area (Å²) in [6.45, 7) is 0. The van der Waals surface area contributed by atoms with E-state index in [0.717, 1.165) is 22.3 Å². The van der Waals surface area contributed by atoms with Crippen LogP contribution in [0.15, 0.2) is 65.8 Å². The van der Waals surface area contributed by atoms with E-state index in [2.05, 4.69) is 21.6 Å². The molecule has 1 N–H and O–H groups in total. The Morgan fingerprint density at radius 1 is 1.04 bits per heavy atom. The van der Waals surface area contributed by atoms with E-state index in [1.54, 1.807) is 6.07 Å². The van der Waals surface area contributed by atoms with Crippen molar-refractivity contribution in [3.63, 3.8) is 0 Å². The van der Waals surface area contributed by atoms with E-state index in [0.29, 0.717) is 5.69 Å². The Kier molecular flexibility index (Phi) is 4.39. The molecule has 0 aliphatic rings. The van der Waals surface area contributed by atoms with Gasteiger partial charge in [0.2, 0.25) is 0 Å². The van der Waals surface area contributed by atoms with Gasteiger partial charge in [-0.05, 0) is 36.4 Å². The molecule has 5 heteroatoms. The summed E-state index contributed by atoms with van der Waals surface area (Å²) >= 11 is 0. The summed E-state index contributed by atoms with van der Waals surface area (Å²) in [5.41, 5.74) is 6.47. The predicted octanol–water partition coefficient (Wildman–Crippen LogP) is 3.64. The van der Waals surface area contributed by atoms with Gasteiger partial charge in [0.1, 0.15) is 11.8 Å². The number of nitrogens with zero attached hydrogens (tertiary/aromatic N) is 4. The van der Waals surface area contributed by atoms with Crippen molar-refractivity contribution in [3.8, 4) is 6.07 Å². The molecule has 1 aromatic heterocycles. The number of para-hydroxylation sites is 1. The van der Waals surface area contributed by atoms with Crippen LogP contribution in [-0.4, -0.2) is 24.8 Å². The van der Waals surface area contributed by atoms with E-state index in [-0.39, 0.29) is 5.71 Å². The van der Waals surface area contributed by atoms with Gasteiger partial charge in [0, 0.05) is 25.2 Å². The molecule has 0 aliphatic heterocycles. The lowest BCUT2D eigenvalue weighted by atomic mass is 10.2. The highest BCUT2D eigenvalue weighted by atomic mass is 15.3. The van der Waals surface area contributed by atoms with Crippen molar-refractivity contribution in [3.05, 3.63) is 66.4 Å². The SMILES string of the molecule is CN(C)c1ccc(N/N=C(\C#N)c2ccc3ccccc3n2)cc1. The van der Waals surface area contributed by atoms with Crippen LogP contribution in [-0.2, 0) is 0 Å². The summed E-state index contributed by atoms with van der Waals surface area (Å²) in [6.07, 6.45) is 0. The average Bonchev–Trinajstić information content (AvgIpc) is 2.62. The zero-order chi connectivity index (χ0) is 16.9. The lowest BCUT2D eigenvalue weighted by molar-refractivity contribution is 1.13. The molecule has 0 amide bonds. The highest BCUT2D eigenvalue weighted by molar-refractivity contribution is 6.11. The Morgan fingerprint density at radius 2 is 1.79 bits per heavy atom. The molecule has 0 unspecified atom stereocenters. The molecule has 0 saturated carbocycles. The van der Waals surface area contributed by atoms with Gasteiger partial charge in [-0.15, -0.1) is 0 Å². The molecule has 0 spiro atoms. The first kappa shape index (κ1) is 15.5. The predicted molar refractivity (Wildman–Crippen MR) is 98.3 cm³/mol. The van der Waals surface area contributed by atoms with Crippen LogP contribution in [0.1, 0.15) is 5.69 Å². The number of anilines is 2. The lowest BCUT2D eigenvalue weighted by Gasteiger charge is -2.12. The molecule has 2 aromatic carbocycles. The van der Waals surface area contributed by atoms with Crippen LogP contribution in [0.3, 0.4) is 0 Å². The Hall–Kier alpha value is -3.39. The fraction of sp³-hybridized carbons (Fsp3) is 0.105. The molecule has 5 nitrogen and oxygen atoms in total. The molecule has 0 saturated heterocycles. The molecule has 0 fully saturated rings. The van der Waals surface area contributed by atoms with Crippen molar-refractivity contribution in [2.24, 2.45) is 5.10 Å². The number of hydrogen-bond acceptors (Lipinski definition) is 5. The number of fused-ring (bicyclic) bond motifs is 1. The van der Waals surface area contributed by atoms with Crippen LogP contribution >= 0.6 is 0 Å². The minimum Gasteiger partial charge on any atom is -0.378 e. The van der Waals surface area contributed by atoms with Crippen LogP contribution in [0.2, 0.25) is 0 Å². The van der Waals surface area contributed by atoms with Gasteiger partial charge in [-0.3, -0.25) is 5.43 Å². The van der Waals surface area contributed by atoms with Crippen molar-refractivity contribution in [2.75, 3.05) is 24.4 Å². The first-order valence-electron chi connectivity index (χ1n) is 7.55. The minimum absolute atomic E-state index is 0.248. The summed E-state index contributed by atoms with van der Waals surface area (Å²) in [7, 11) is 3.97. The van der Waals surface area contributed by atoms with Gasteiger partial charge in [0.05, 0.1) is 11.2 Å². The number of aromatic nitrogens is 1. The normalized spacial score (nSPS) is 11.1. The van der Waals surface area contributed by atoms with Crippen LogP contribution in [0.5, 0.6) is 0 Å². The van der Waals surface area contributed by atoms with Crippen molar-refractivity contribution >= 4 is 28.0 Å². The van der Waals surface area contributed by atoms with Gasteiger partial charge in [-0.2, -0.15) is 10.4 Å². The van der Waals surface area contributed by atoms with E-state index in [1.165, 1.54) is 0 Å². The lowest BCUT2D eigenvalue weighted by Crippen LogP contribution is -2.08. The topological polar surface area (TPSA) is 64.3 Å². The summed E-state index contributed by atoms with van der Waals surface area (Å²) < 4.78 is 0. The summed E-state index contributed by atoms with van der Waals surface area (Å²) in [4.78, 5) is 6.52. The smallest absolute Gasteiger partial charge is 0.186 e. The van der Waals surface area contributed by atoms with E-state index < -0.39 is 0 Å². The zero-order valence-corrected chi connectivity index (χ0v) is 13.6. The monoisotopic (exact) mass is 315 g/mol. The quantitative estimate of drug-likeness (QED) is 0.590. The zero-order valence-electron chi connectivity index (χ0n) is 13.6. The number of hydrazone groups is 1. The summed E-state index contributed by atoms with van der Waals surface area (Å²) in [5.74, 6) is 0. The van der Waals surface area contributed by atoms with Gasteiger partial charge >= 0.3 is 0 Å². The molecule has 24 heavy (non-hydrogen) atoms. The number of hydrogen-bond donors (Lipinski definition) is 1. The number of pyridine rings is 1. The number of rotatable bonds is 4. The van der Waals surface area contributed by atoms with E-state index in [9.17, 15) is 5.26 Å². The van der Waals surface area contributed by atoms with Crippen molar-refractivity contribution in [2.45, 2.75) is 0 Å². The van der Waals surface area contributed by atoms with Crippen molar-refractivity contribution in [1.82, 2.24) is 4.98 Å². The minimum atomic E-state index is 0.248. The third-order valence-electron chi connectivity index (χ3n) is 3.63. The molecule has 3 rings (SSSR count). The highest BCUT2D eigenvalue weighted by Crippen LogP contribution is 2.16. The van der Waals surface area contributed by atoms with E-state index >= 15 is 0 Å². The molecule has 118 valence electrons. The molecule has 0 radical (unpaired) electrons. The summed E-state index contributed by atoms with van der Waals surface area (Å²) in [6, 6.07) is 21.4. The third kappa shape index (κ3) is 3.33. The third-order valence-corrected chi connectivity index (χ3v) is 3.63. The number of nitrogens with one attached hydrogen (secondary N) is 1. The number of nitriles is 1. The first-order valence-corrected chi connectivity index (χ1v) is 7.55. The van der Waals surface area contributed by atoms with Crippen molar-refractivity contribution < 1.29 is 0 Å². The molecular formula is C19H17N5. The van der Waals surface area contributed by atoms with Crippen molar-refractivity contribution in [1.29, 1.82) is 5.26 Å². The Morgan fingerprint density at radius 3 is 2.50 bits per heavy atom. The largest absolute Gasteiger partial charge is 0.378 e. The van der Waals surface area contributed by atoms with Gasteiger partial charge in [-0.25, -0.2) is 4.98 Å². The van der Waals surface area contributed by atoms with Crippen LogP contribution in [0.25, 0.3) is 10.9 Å². The Balaban J connectivity index is 1.84. The maximum atomic E-state index is 9.38. The molecule has 3 aromatic rings. The van der Waals surface area contributed by atoms with Gasteiger partial charge < -0.3 is 4.90 Å². The fourth-order valence-corrected chi connectivity index (χ4v) is 2.29. The molecule has 0 bridgehead atoms. The highest BCUT2D eigenvalue weighted by Gasteiger charge is 2.06. The maximum absolute atomic E-state index is 9.38. The van der Waals surface area contributed by atoms with Crippen LogP contribution in [0.4, 0.5) is 11.4 Å². The first-order chi connectivity index (χ1) is 11.7. The van der Waals surface area contributed by atoms with Crippen LogP contribution in [0, 0.1) is 11.3 Å². The second kappa shape index (κ2) is 6.80. The molecular weight excluding hydrogens is 298 g/mol. The van der Waals surface area contributed by atoms with E-state index in [4.69, 9.17) is 0 Å². The Bertz CT molecular complexity index is 920.